The van der Waals surface area contributed by atoms with Gasteiger partial charge in [-0.2, -0.15) is 5.10 Å². The minimum Gasteiger partial charge on any atom is -0.507 e. The van der Waals surface area contributed by atoms with E-state index in [-0.39, 0.29) is 11.3 Å². The molecular weight excluding hydrogens is 296 g/mol. The van der Waals surface area contributed by atoms with Gasteiger partial charge in [-0.3, -0.25) is 4.79 Å². The summed E-state index contributed by atoms with van der Waals surface area (Å²) in [4.78, 5) is 14.0. The van der Waals surface area contributed by atoms with Crippen molar-refractivity contribution < 1.29 is 9.90 Å². The monoisotopic (exact) mass is 308 g/mol. The van der Waals surface area contributed by atoms with Gasteiger partial charge in [0.25, 0.3) is 5.91 Å². The average Bonchev–Trinajstić information content (AvgIpc) is 2.86. The molecule has 0 aliphatic rings. The van der Waals surface area contributed by atoms with Crippen molar-refractivity contribution in [2.45, 2.75) is 13.3 Å². The first kappa shape index (κ1) is 14.6. The summed E-state index contributed by atoms with van der Waals surface area (Å²) < 4.78 is 0. The van der Waals surface area contributed by atoms with Crippen LogP contribution >= 0.6 is 22.9 Å². The molecule has 1 heterocycles. The van der Waals surface area contributed by atoms with E-state index in [1.807, 2.05) is 12.1 Å². The molecule has 2 N–H and O–H groups in total. The van der Waals surface area contributed by atoms with E-state index in [1.54, 1.807) is 17.6 Å². The molecule has 1 aromatic carbocycles. The Morgan fingerprint density at radius 3 is 2.90 bits per heavy atom. The SMILES string of the molecule is CCc1ccc(/C=N/NC(=O)c2ccc(Cl)cc2O)s1. The van der Waals surface area contributed by atoms with E-state index in [1.165, 1.54) is 23.1 Å². The highest BCUT2D eigenvalue weighted by Gasteiger charge is 2.10. The van der Waals surface area contributed by atoms with Gasteiger partial charge in [0.15, 0.2) is 0 Å². The number of thiophene rings is 1. The summed E-state index contributed by atoms with van der Waals surface area (Å²) in [6, 6.07) is 8.26. The van der Waals surface area contributed by atoms with Gasteiger partial charge < -0.3 is 5.11 Å². The number of carbonyl (C=O) groups is 1. The number of hydrogen-bond acceptors (Lipinski definition) is 4. The van der Waals surface area contributed by atoms with Crippen LogP contribution in [0.1, 0.15) is 27.0 Å². The molecule has 2 aromatic rings. The number of rotatable bonds is 4. The van der Waals surface area contributed by atoms with Crippen LogP contribution in [0.5, 0.6) is 5.75 Å². The average molecular weight is 309 g/mol. The first-order chi connectivity index (χ1) is 9.60. The molecule has 0 atom stereocenters. The number of phenols is 1. The van der Waals surface area contributed by atoms with Gasteiger partial charge in [0, 0.05) is 14.8 Å². The van der Waals surface area contributed by atoms with Gasteiger partial charge in [0.2, 0.25) is 0 Å². The predicted molar refractivity (Wildman–Crippen MR) is 81.9 cm³/mol. The van der Waals surface area contributed by atoms with Crippen molar-refractivity contribution in [2.75, 3.05) is 0 Å². The second-order valence-electron chi connectivity index (χ2n) is 4.02. The number of nitrogens with zero attached hydrogens (tertiary/aromatic N) is 1. The maximum atomic E-state index is 11.8. The molecule has 0 aliphatic heterocycles. The standard InChI is InChI=1S/C14H13ClN2O2S/c1-2-10-4-5-11(20-10)8-16-17-14(19)12-6-3-9(15)7-13(12)18/h3-8,18H,2H2,1H3,(H,17,19)/b16-8+. The van der Waals surface area contributed by atoms with E-state index < -0.39 is 5.91 Å². The molecule has 0 unspecified atom stereocenters. The van der Waals surface area contributed by atoms with E-state index >= 15 is 0 Å². The molecule has 0 fully saturated rings. The molecule has 0 radical (unpaired) electrons. The molecule has 1 aromatic heterocycles. The molecule has 0 bridgehead atoms. The van der Waals surface area contributed by atoms with Crippen molar-refractivity contribution in [3.05, 3.63) is 50.7 Å². The van der Waals surface area contributed by atoms with Gasteiger partial charge in [0.1, 0.15) is 5.75 Å². The number of amides is 1. The molecule has 0 aliphatic carbocycles. The quantitative estimate of drug-likeness (QED) is 0.671. The van der Waals surface area contributed by atoms with Crippen molar-refractivity contribution in [3.63, 3.8) is 0 Å². The molecule has 20 heavy (non-hydrogen) atoms. The van der Waals surface area contributed by atoms with Crippen LogP contribution in [0.2, 0.25) is 5.02 Å². The minimum atomic E-state index is -0.484. The van der Waals surface area contributed by atoms with E-state index in [0.717, 1.165) is 11.3 Å². The number of aromatic hydroxyl groups is 1. The Kier molecular flexibility index (Phi) is 4.76. The molecular formula is C14H13ClN2O2S. The van der Waals surface area contributed by atoms with E-state index in [9.17, 15) is 9.90 Å². The van der Waals surface area contributed by atoms with Crippen molar-refractivity contribution in [1.82, 2.24) is 5.43 Å². The summed E-state index contributed by atoms with van der Waals surface area (Å²) in [5, 5.41) is 13.9. The van der Waals surface area contributed by atoms with Gasteiger partial charge in [-0.05, 0) is 36.8 Å². The fourth-order valence-electron chi connectivity index (χ4n) is 1.57. The molecule has 1 amide bonds. The first-order valence-corrected chi connectivity index (χ1v) is 7.20. The largest absolute Gasteiger partial charge is 0.507 e. The third kappa shape index (κ3) is 3.59. The molecule has 6 heteroatoms. The Labute approximate surface area is 125 Å². The summed E-state index contributed by atoms with van der Waals surface area (Å²) in [7, 11) is 0. The zero-order chi connectivity index (χ0) is 14.5. The van der Waals surface area contributed by atoms with Crippen LogP contribution in [0.15, 0.2) is 35.4 Å². The van der Waals surface area contributed by atoms with Crippen LogP contribution < -0.4 is 5.43 Å². The van der Waals surface area contributed by atoms with Crippen molar-refractivity contribution >= 4 is 35.1 Å². The molecule has 0 saturated carbocycles. The Morgan fingerprint density at radius 1 is 1.45 bits per heavy atom. The van der Waals surface area contributed by atoms with Gasteiger partial charge in [-0.15, -0.1) is 11.3 Å². The summed E-state index contributed by atoms with van der Waals surface area (Å²) in [5.74, 6) is -0.655. The summed E-state index contributed by atoms with van der Waals surface area (Å²) in [6.45, 7) is 2.08. The zero-order valence-corrected chi connectivity index (χ0v) is 12.3. The molecule has 104 valence electrons. The lowest BCUT2D eigenvalue weighted by Gasteiger charge is -2.02. The normalized spacial score (nSPS) is 10.9. The molecule has 2 rings (SSSR count). The molecule has 0 spiro atoms. The Balaban J connectivity index is 2.01. The summed E-state index contributed by atoms with van der Waals surface area (Å²) >= 11 is 7.32. The van der Waals surface area contributed by atoms with Gasteiger partial charge >= 0.3 is 0 Å². The first-order valence-electron chi connectivity index (χ1n) is 6.00. The molecule has 4 nitrogen and oxygen atoms in total. The highest BCUT2D eigenvalue weighted by molar-refractivity contribution is 7.13. The number of nitrogens with one attached hydrogen (secondary N) is 1. The number of halogens is 1. The molecule has 0 saturated heterocycles. The van der Waals surface area contributed by atoms with Crippen LogP contribution in [-0.4, -0.2) is 17.2 Å². The van der Waals surface area contributed by atoms with E-state index in [4.69, 9.17) is 11.6 Å². The predicted octanol–water partition coefficient (Wildman–Crippen LogP) is 3.43. The fraction of sp³-hybridized carbons (Fsp3) is 0.143. The van der Waals surface area contributed by atoms with Crippen LogP contribution in [0, 0.1) is 0 Å². The minimum absolute atomic E-state index is 0.131. The number of carbonyl (C=O) groups excluding carboxylic acids is 1. The number of hydrogen-bond donors (Lipinski definition) is 2. The number of aryl methyl sites for hydroxylation is 1. The smallest absolute Gasteiger partial charge is 0.275 e. The Hall–Kier alpha value is -1.85. The second kappa shape index (κ2) is 6.54. The lowest BCUT2D eigenvalue weighted by molar-refractivity contribution is 0.0952. The van der Waals surface area contributed by atoms with E-state index in [0.29, 0.717) is 5.02 Å². The summed E-state index contributed by atoms with van der Waals surface area (Å²) in [6.07, 6.45) is 2.55. The van der Waals surface area contributed by atoms with Gasteiger partial charge in [0.05, 0.1) is 11.8 Å². The topological polar surface area (TPSA) is 61.7 Å². The fourth-order valence-corrected chi connectivity index (χ4v) is 2.56. The van der Waals surface area contributed by atoms with Gasteiger partial charge in [-0.1, -0.05) is 18.5 Å². The number of phenolic OH excluding ortho intramolecular Hbond substituents is 1. The van der Waals surface area contributed by atoms with Crippen molar-refractivity contribution in [2.24, 2.45) is 5.10 Å². The van der Waals surface area contributed by atoms with E-state index in [2.05, 4.69) is 17.5 Å². The van der Waals surface area contributed by atoms with Crippen molar-refractivity contribution in [1.29, 1.82) is 0 Å². The number of hydrazone groups is 1. The summed E-state index contributed by atoms with van der Waals surface area (Å²) in [5.41, 5.74) is 2.50. The van der Waals surface area contributed by atoms with Crippen LogP contribution in [-0.2, 0) is 6.42 Å². The Morgan fingerprint density at radius 2 is 2.25 bits per heavy atom. The highest BCUT2D eigenvalue weighted by atomic mass is 35.5. The van der Waals surface area contributed by atoms with Crippen LogP contribution in [0.4, 0.5) is 0 Å². The van der Waals surface area contributed by atoms with Gasteiger partial charge in [-0.25, -0.2) is 5.43 Å². The van der Waals surface area contributed by atoms with Crippen LogP contribution in [0.3, 0.4) is 0 Å². The van der Waals surface area contributed by atoms with Crippen LogP contribution in [0.25, 0.3) is 0 Å². The second-order valence-corrected chi connectivity index (χ2v) is 5.65. The highest BCUT2D eigenvalue weighted by Crippen LogP contribution is 2.21. The lowest BCUT2D eigenvalue weighted by Crippen LogP contribution is -2.17. The maximum absolute atomic E-state index is 11.8. The number of benzene rings is 1. The lowest BCUT2D eigenvalue weighted by atomic mass is 10.2. The maximum Gasteiger partial charge on any atom is 0.275 e. The Bertz CT molecular complexity index is 652. The zero-order valence-electron chi connectivity index (χ0n) is 10.8. The third-order valence-electron chi connectivity index (χ3n) is 2.59. The van der Waals surface area contributed by atoms with Crippen molar-refractivity contribution in [3.8, 4) is 5.75 Å². The third-order valence-corrected chi connectivity index (χ3v) is 3.99.